The van der Waals surface area contributed by atoms with E-state index < -0.39 is 0 Å². The number of carbonyl (C=O) groups excluding carboxylic acids is 1. The fourth-order valence-electron chi connectivity index (χ4n) is 3.24. The number of aliphatic hydroxyl groups excluding tert-OH is 1. The highest BCUT2D eigenvalue weighted by Gasteiger charge is 2.39. The smallest absolute Gasteiger partial charge is 0.129 e. The molecule has 0 aromatic carbocycles. The predicted octanol–water partition coefficient (Wildman–Crippen LogP) is 2.79. The lowest BCUT2D eigenvalue weighted by molar-refractivity contribution is -0.117. The Morgan fingerprint density at radius 1 is 1.47 bits per heavy atom. The van der Waals surface area contributed by atoms with Crippen molar-refractivity contribution in [3.63, 3.8) is 0 Å². The summed E-state index contributed by atoms with van der Waals surface area (Å²) in [5.74, 6) is 1.39. The maximum atomic E-state index is 11.0. The summed E-state index contributed by atoms with van der Waals surface area (Å²) in [4.78, 5) is 11.0. The molecule has 1 fully saturated rings. The molecule has 0 bridgehead atoms. The van der Waals surface area contributed by atoms with E-state index in [2.05, 4.69) is 20.8 Å². The molecule has 15 heavy (non-hydrogen) atoms. The summed E-state index contributed by atoms with van der Waals surface area (Å²) in [6.07, 6.45) is 3.29. The molecule has 88 valence electrons. The van der Waals surface area contributed by atoms with Crippen molar-refractivity contribution >= 4 is 5.78 Å². The van der Waals surface area contributed by atoms with Gasteiger partial charge in [0.2, 0.25) is 0 Å². The molecule has 0 saturated heterocycles. The van der Waals surface area contributed by atoms with E-state index in [0.29, 0.717) is 18.3 Å². The van der Waals surface area contributed by atoms with E-state index in [1.165, 1.54) is 0 Å². The zero-order valence-corrected chi connectivity index (χ0v) is 10.4. The van der Waals surface area contributed by atoms with Gasteiger partial charge in [-0.3, -0.25) is 0 Å². The van der Waals surface area contributed by atoms with Crippen LogP contribution in [0.4, 0.5) is 0 Å². The molecule has 0 unspecified atom stereocenters. The van der Waals surface area contributed by atoms with Crippen LogP contribution in [0.25, 0.3) is 0 Å². The third kappa shape index (κ3) is 3.30. The second-order valence-corrected chi connectivity index (χ2v) is 5.91. The molecule has 0 aromatic rings. The lowest BCUT2D eigenvalue weighted by Gasteiger charge is -2.45. The number of aliphatic hydroxyl groups is 1. The van der Waals surface area contributed by atoms with Gasteiger partial charge < -0.3 is 9.90 Å². The summed E-state index contributed by atoms with van der Waals surface area (Å²) in [7, 11) is 0. The first-order valence-corrected chi connectivity index (χ1v) is 6.00. The molecule has 0 amide bonds. The van der Waals surface area contributed by atoms with Gasteiger partial charge in [0.15, 0.2) is 0 Å². The Balaban J connectivity index is 2.63. The fourth-order valence-corrected chi connectivity index (χ4v) is 3.24. The van der Waals surface area contributed by atoms with Crippen molar-refractivity contribution in [1.82, 2.24) is 0 Å². The number of rotatable bonds is 3. The monoisotopic (exact) mass is 212 g/mol. The van der Waals surface area contributed by atoms with Crippen molar-refractivity contribution in [2.75, 3.05) is 0 Å². The van der Waals surface area contributed by atoms with E-state index in [0.717, 1.165) is 19.3 Å². The van der Waals surface area contributed by atoms with Crippen molar-refractivity contribution in [3.05, 3.63) is 0 Å². The first-order chi connectivity index (χ1) is 6.83. The Labute approximate surface area is 93.1 Å². The predicted molar refractivity (Wildman–Crippen MR) is 61.6 cm³/mol. The minimum absolute atomic E-state index is 0.149. The van der Waals surface area contributed by atoms with Crippen LogP contribution in [0.3, 0.4) is 0 Å². The van der Waals surface area contributed by atoms with E-state index in [4.69, 9.17) is 0 Å². The number of Topliss-reactive ketones (excluding diaryl/α,β-unsaturated/α-hetero) is 1. The van der Waals surface area contributed by atoms with E-state index in [9.17, 15) is 9.90 Å². The molecule has 0 spiro atoms. The van der Waals surface area contributed by atoms with E-state index in [1.807, 2.05) is 0 Å². The van der Waals surface area contributed by atoms with Gasteiger partial charge in [-0.15, -0.1) is 0 Å². The van der Waals surface area contributed by atoms with Crippen LogP contribution in [0.1, 0.15) is 53.4 Å². The Hall–Kier alpha value is -0.370. The van der Waals surface area contributed by atoms with Gasteiger partial charge in [-0.05, 0) is 43.4 Å². The van der Waals surface area contributed by atoms with Gasteiger partial charge >= 0.3 is 0 Å². The molecule has 1 rings (SSSR count). The Kier molecular flexibility index (Phi) is 3.93. The van der Waals surface area contributed by atoms with Crippen LogP contribution in [0.2, 0.25) is 0 Å². The van der Waals surface area contributed by atoms with Gasteiger partial charge in [0.05, 0.1) is 6.10 Å². The standard InChI is InChI=1S/C13H24O2/c1-9-7-11(15)8-13(3,4)12(9)6-5-10(2)14/h9,11-12,15H,5-8H2,1-4H3/t9-,11+,12+/m1/s1. The van der Waals surface area contributed by atoms with Gasteiger partial charge in [0.1, 0.15) is 5.78 Å². The minimum atomic E-state index is -0.149. The molecule has 0 heterocycles. The summed E-state index contributed by atoms with van der Waals surface area (Å²) in [5.41, 5.74) is 0.173. The summed E-state index contributed by atoms with van der Waals surface area (Å²) >= 11 is 0. The van der Waals surface area contributed by atoms with Crippen molar-refractivity contribution < 1.29 is 9.90 Å². The first kappa shape index (κ1) is 12.7. The van der Waals surface area contributed by atoms with Crippen molar-refractivity contribution in [2.45, 2.75) is 59.5 Å². The quantitative estimate of drug-likeness (QED) is 0.781. The van der Waals surface area contributed by atoms with Gasteiger partial charge in [0, 0.05) is 6.42 Å². The number of ketones is 1. The van der Waals surface area contributed by atoms with Crippen LogP contribution < -0.4 is 0 Å². The van der Waals surface area contributed by atoms with Gasteiger partial charge in [-0.1, -0.05) is 20.8 Å². The largest absolute Gasteiger partial charge is 0.393 e. The number of hydrogen-bond acceptors (Lipinski definition) is 2. The molecular weight excluding hydrogens is 188 g/mol. The summed E-state index contributed by atoms with van der Waals surface area (Å²) in [6.45, 7) is 8.30. The molecule has 1 aliphatic carbocycles. The summed E-state index contributed by atoms with van der Waals surface area (Å²) < 4.78 is 0. The third-order valence-electron chi connectivity index (χ3n) is 3.90. The maximum absolute atomic E-state index is 11.0. The Morgan fingerprint density at radius 3 is 2.53 bits per heavy atom. The summed E-state index contributed by atoms with van der Waals surface area (Å²) in [6, 6.07) is 0. The fraction of sp³-hybridized carbons (Fsp3) is 0.923. The molecule has 0 aromatic heterocycles. The maximum Gasteiger partial charge on any atom is 0.129 e. The first-order valence-electron chi connectivity index (χ1n) is 6.00. The van der Waals surface area contributed by atoms with Crippen molar-refractivity contribution in [2.24, 2.45) is 17.3 Å². The molecular formula is C13H24O2. The van der Waals surface area contributed by atoms with Crippen LogP contribution in [-0.4, -0.2) is 17.0 Å². The zero-order valence-electron chi connectivity index (χ0n) is 10.4. The van der Waals surface area contributed by atoms with E-state index in [1.54, 1.807) is 6.92 Å². The highest BCUT2D eigenvalue weighted by Crippen LogP contribution is 2.46. The molecule has 1 N–H and O–H groups in total. The van der Waals surface area contributed by atoms with E-state index >= 15 is 0 Å². The average molecular weight is 212 g/mol. The van der Waals surface area contributed by atoms with Gasteiger partial charge in [0.25, 0.3) is 0 Å². The van der Waals surface area contributed by atoms with Crippen LogP contribution in [0.15, 0.2) is 0 Å². The summed E-state index contributed by atoms with van der Waals surface area (Å²) in [5, 5.41) is 9.74. The molecule has 2 heteroatoms. The second kappa shape index (κ2) is 4.65. The molecule has 0 aliphatic heterocycles. The number of carbonyl (C=O) groups is 1. The highest BCUT2D eigenvalue weighted by atomic mass is 16.3. The van der Waals surface area contributed by atoms with Crippen molar-refractivity contribution in [3.8, 4) is 0 Å². The molecule has 2 nitrogen and oxygen atoms in total. The minimum Gasteiger partial charge on any atom is -0.393 e. The van der Waals surface area contributed by atoms with Crippen molar-refractivity contribution in [1.29, 1.82) is 0 Å². The highest BCUT2D eigenvalue weighted by molar-refractivity contribution is 5.75. The Bertz CT molecular complexity index is 233. The SMILES string of the molecule is CC(=O)CC[C@H]1[C@H](C)C[C@H](O)CC1(C)C. The second-order valence-electron chi connectivity index (χ2n) is 5.91. The van der Waals surface area contributed by atoms with Crippen LogP contribution >= 0.6 is 0 Å². The lowest BCUT2D eigenvalue weighted by Crippen LogP contribution is -2.40. The molecule has 1 aliphatic rings. The molecule has 3 atom stereocenters. The lowest BCUT2D eigenvalue weighted by atomic mass is 9.62. The Morgan fingerprint density at radius 2 is 2.07 bits per heavy atom. The topological polar surface area (TPSA) is 37.3 Å². The number of hydrogen-bond donors (Lipinski definition) is 1. The van der Waals surface area contributed by atoms with Crippen LogP contribution in [0, 0.1) is 17.3 Å². The van der Waals surface area contributed by atoms with Crippen LogP contribution in [0.5, 0.6) is 0 Å². The molecule has 1 saturated carbocycles. The molecule has 0 radical (unpaired) electrons. The van der Waals surface area contributed by atoms with Gasteiger partial charge in [-0.2, -0.15) is 0 Å². The van der Waals surface area contributed by atoms with Crippen LogP contribution in [-0.2, 0) is 4.79 Å². The third-order valence-corrected chi connectivity index (χ3v) is 3.90. The zero-order chi connectivity index (χ0) is 11.6. The average Bonchev–Trinajstić information content (AvgIpc) is 1.98. The van der Waals surface area contributed by atoms with E-state index in [-0.39, 0.29) is 17.3 Å². The normalized spacial score (nSPS) is 35.1. The van der Waals surface area contributed by atoms with Gasteiger partial charge in [-0.25, -0.2) is 0 Å².